The summed E-state index contributed by atoms with van der Waals surface area (Å²) in [6.45, 7) is 6.90. The maximum Gasteiger partial charge on any atom is 0.319 e. The van der Waals surface area contributed by atoms with Gasteiger partial charge in [0.25, 0.3) is 0 Å². The van der Waals surface area contributed by atoms with Crippen LogP contribution in [0.5, 0.6) is 0 Å². The largest absolute Gasteiger partial charge is 0.480 e. The summed E-state index contributed by atoms with van der Waals surface area (Å²) in [6.07, 6.45) is 4.12. The summed E-state index contributed by atoms with van der Waals surface area (Å²) < 4.78 is 0. The summed E-state index contributed by atoms with van der Waals surface area (Å²) in [5.41, 5.74) is -1.19. The molecule has 0 aromatic rings. The van der Waals surface area contributed by atoms with Gasteiger partial charge in [-0.15, -0.1) is 0 Å². The number of nitrogens with zero attached hydrogens (tertiary/aromatic N) is 2. The lowest BCUT2D eigenvalue weighted by molar-refractivity contribution is -0.149. The van der Waals surface area contributed by atoms with Crippen molar-refractivity contribution in [1.29, 1.82) is 0 Å². The molecule has 158 valence electrons. The van der Waals surface area contributed by atoms with Crippen molar-refractivity contribution in [2.75, 3.05) is 32.7 Å². The van der Waals surface area contributed by atoms with Gasteiger partial charge < -0.3 is 20.2 Å². The van der Waals surface area contributed by atoms with E-state index < -0.39 is 11.4 Å². The lowest BCUT2D eigenvalue weighted by Gasteiger charge is -2.35. The first-order valence-electron chi connectivity index (χ1n) is 10.3. The first kappa shape index (κ1) is 22.2. The van der Waals surface area contributed by atoms with Gasteiger partial charge >= 0.3 is 5.97 Å². The van der Waals surface area contributed by atoms with Crippen LogP contribution in [0.25, 0.3) is 0 Å². The van der Waals surface area contributed by atoms with Crippen LogP contribution in [0.2, 0.25) is 0 Å². The number of piperazine rings is 1. The molecule has 0 aromatic carbocycles. The number of carbonyl (C=O) groups is 4. The zero-order valence-corrected chi connectivity index (χ0v) is 17.0. The summed E-state index contributed by atoms with van der Waals surface area (Å²) in [6, 6.07) is 0. The van der Waals surface area contributed by atoms with Crippen LogP contribution in [0.4, 0.5) is 0 Å². The molecule has 0 atom stereocenters. The molecule has 28 heavy (non-hydrogen) atoms. The van der Waals surface area contributed by atoms with Crippen LogP contribution in [0.3, 0.4) is 0 Å². The van der Waals surface area contributed by atoms with E-state index >= 15 is 0 Å². The molecule has 2 rings (SSSR count). The number of hydrogen-bond acceptors (Lipinski definition) is 4. The topological polar surface area (TPSA) is 107 Å². The van der Waals surface area contributed by atoms with Crippen molar-refractivity contribution in [3.63, 3.8) is 0 Å². The summed E-state index contributed by atoms with van der Waals surface area (Å²) >= 11 is 0. The Bertz CT molecular complexity index is 593. The Kier molecular flexibility index (Phi) is 7.83. The van der Waals surface area contributed by atoms with Crippen LogP contribution in [-0.4, -0.2) is 71.3 Å². The quantitative estimate of drug-likeness (QED) is 0.428. The number of carboxylic acid groups (broad SMARTS) is 1. The number of unbranched alkanes of at least 4 members (excludes halogenated alkanes) is 2. The number of amides is 3. The van der Waals surface area contributed by atoms with E-state index in [4.69, 9.17) is 5.11 Å². The Labute approximate surface area is 166 Å². The fourth-order valence-corrected chi connectivity index (χ4v) is 3.45. The third-order valence-electron chi connectivity index (χ3n) is 5.51. The van der Waals surface area contributed by atoms with Crippen molar-refractivity contribution in [3.05, 3.63) is 0 Å². The molecule has 0 spiro atoms. The van der Waals surface area contributed by atoms with E-state index in [1.807, 2.05) is 23.6 Å². The minimum Gasteiger partial charge on any atom is -0.480 e. The molecule has 0 bridgehead atoms. The molecular weight excluding hydrogens is 362 g/mol. The molecule has 0 radical (unpaired) electrons. The van der Waals surface area contributed by atoms with Crippen molar-refractivity contribution in [2.24, 2.45) is 11.3 Å². The molecule has 8 heteroatoms. The van der Waals surface area contributed by atoms with E-state index in [2.05, 4.69) is 5.32 Å². The lowest BCUT2D eigenvalue weighted by atomic mass is 10.1. The van der Waals surface area contributed by atoms with Crippen molar-refractivity contribution < 1.29 is 24.3 Å². The molecule has 2 aliphatic rings. The molecule has 1 saturated carbocycles. The third-order valence-corrected chi connectivity index (χ3v) is 5.51. The van der Waals surface area contributed by atoms with Crippen LogP contribution in [-0.2, 0) is 19.2 Å². The fraction of sp³-hybridized carbons (Fsp3) is 0.800. The SMILES string of the molecule is CC(C)CC(=O)N1CCN(C(=O)CCCCCNC(=O)C2(C(=O)O)CC2)CC1. The average molecular weight is 396 g/mol. The second-order valence-electron chi connectivity index (χ2n) is 8.31. The van der Waals surface area contributed by atoms with Gasteiger partial charge in [0.15, 0.2) is 0 Å². The number of nitrogens with one attached hydrogen (secondary N) is 1. The Hall–Kier alpha value is -2.12. The maximum atomic E-state index is 12.3. The summed E-state index contributed by atoms with van der Waals surface area (Å²) in [7, 11) is 0. The predicted molar refractivity (Wildman–Crippen MR) is 103 cm³/mol. The summed E-state index contributed by atoms with van der Waals surface area (Å²) in [5, 5.41) is 11.8. The molecule has 0 aromatic heterocycles. The van der Waals surface area contributed by atoms with Gasteiger partial charge in [-0.05, 0) is 31.6 Å². The molecule has 1 aliphatic heterocycles. The number of rotatable bonds is 10. The first-order chi connectivity index (χ1) is 13.3. The predicted octanol–water partition coefficient (Wildman–Crippen LogP) is 1.24. The first-order valence-corrected chi connectivity index (χ1v) is 10.3. The zero-order chi connectivity index (χ0) is 20.7. The van der Waals surface area contributed by atoms with Gasteiger partial charge in [0.05, 0.1) is 0 Å². The zero-order valence-electron chi connectivity index (χ0n) is 17.0. The average Bonchev–Trinajstić information content (AvgIpc) is 3.46. The Morgan fingerprint density at radius 2 is 1.50 bits per heavy atom. The van der Waals surface area contributed by atoms with Gasteiger partial charge in [-0.25, -0.2) is 0 Å². The highest BCUT2D eigenvalue weighted by atomic mass is 16.4. The standard InChI is InChI=1S/C20H33N3O5/c1-15(2)14-17(25)23-12-10-22(11-13-23)16(24)6-4-3-5-9-21-18(26)20(7-8-20)19(27)28/h15H,3-14H2,1-2H3,(H,21,26)(H,27,28). The van der Waals surface area contributed by atoms with Crippen LogP contribution in [0.15, 0.2) is 0 Å². The molecule has 1 aliphatic carbocycles. The minimum atomic E-state index is -1.19. The normalized spacial score (nSPS) is 18.1. The molecule has 8 nitrogen and oxygen atoms in total. The van der Waals surface area contributed by atoms with Crippen molar-refractivity contribution in [2.45, 2.75) is 58.8 Å². The second-order valence-corrected chi connectivity index (χ2v) is 8.31. The highest BCUT2D eigenvalue weighted by Gasteiger charge is 2.56. The van der Waals surface area contributed by atoms with E-state index in [-0.39, 0.29) is 17.7 Å². The second kappa shape index (κ2) is 9.89. The molecular formula is C20H33N3O5. The van der Waals surface area contributed by atoms with E-state index in [1.165, 1.54) is 0 Å². The highest BCUT2D eigenvalue weighted by Crippen LogP contribution is 2.46. The molecule has 2 fully saturated rings. The Morgan fingerprint density at radius 3 is 2.00 bits per heavy atom. The smallest absolute Gasteiger partial charge is 0.319 e. The Balaban J connectivity index is 1.54. The number of carbonyl (C=O) groups excluding carboxylic acids is 3. The maximum absolute atomic E-state index is 12.3. The van der Waals surface area contributed by atoms with Crippen LogP contribution < -0.4 is 5.32 Å². The van der Waals surface area contributed by atoms with Gasteiger partial charge in [-0.1, -0.05) is 20.3 Å². The van der Waals surface area contributed by atoms with Crippen molar-refractivity contribution in [3.8, 4) is 0 Å². The van der Waals surface area contributed by atoms with E-state index in [0.29, 0.717) is 64.3 Å². The monoisotopic (exact) mass is 395 g/mol. The van der Waals surface area contributed by atoms with Crippen molar-refractivity contribution in [1.82, 2.24) is 15.1 Å². The van der Waals surface area contributed by atoms with Crippen LogP contribution in [0, 0.1) is 11.3 Å². The van der Waals surface area contributed by atoms with Gasteiger partial charge in [0.1, 0.15) is 5.41 Å². The van der Waals surface area contributed by atoms with Crippen molar-refractivity contribution >= 4 is 23.7 Å². The number of hydrogen-bond donors (Lipinski definition) is 2. The highest BCUT2D eigenvalue weighted by molar-refractivity contribution is 6.04. The van der Waals surface area contributed by atoms with Gasteiger partial charge in [0, 0.05) is 45.6 Å². The van der Waals surface area contributed by atoms with Gasteiger partial charge in [0.2, 0.25) is 17.7 Å². The van der Waals surface area contributed by atoms with Crippen LogP contribution >= 0.6 is 0 Å². The van der Waals surface area contributed by atoms with E-state index in [1.54, 1.807) is 0 Å². The van der Waals surface area contributed by atoms with Gasteiger partial charge in [-0.2, -0.15) is 0 Å². The molecule has 1 heterocycles. The van der Waals surface area contributed by atoms with Gasteiger partial charge in [-0.3, -0.25) is 19.2 Å². The van der Waals surface area contributed by atoms with E-state index in [0.717, 1.165) is 19.3 Å². The third kappa shape index (κ3) is 5.94. The fourth-order valence-electron chi connectivity index (χ4n) is 3.45. The lowest BCUT2D eigenvalue weighted by Crippen LogP contribution is -2.50. The number of carboxylic acids is 1. The molecule has 1 saturated heterocycles. The minimum absolute atomic E-state index is 0.114. The number of aliphatic carboxylic acids is 1. The summed E-state index contributed by atoms with van der Waals surface area (Å²) in [5.74, 6) is -0.804. The van der Waals surface area contributed by atoms with Crippen LogP contribution in [0.1, 0.15) is 58.8 Å². The molecule has 3 amide bonds. The van der Waals surface area contributed by atoms with E-state index in [9.17, 15) is 19.2 Å². The molecule has 2 N–H and O–H groups in total. The molecule has 0 unspecified atom stereocenters. The summed E-state index contributed by atoms with van der Waals surface area (Å²) in [4.78, 5) is 51.0. The Morgan fingerprint density at radius 1 is 0.929 bits per heavy atom.